The number of methoxy groups -OCH3 is 1. The smallest absolute Gasteiger partial charge is 0.309 e. The Kier molecular flexibility index (Phi) is 5.16. The third-order valence-corrected chi connectivity index (χ3v) is 2.91. The van der Waals surface area contributed by atoms with Crippen LogP contribution in [-0.4, -0.2) is 19.6 Å². The third kappa shape index (κ3) is 4.19. The molecule has 17 heavy (non-hydrogen) atoms. The Labute approximate surface area is 103 Å². The van der Waals surface area contributed by atoms with Gasteiger partial charge in [-0.1, -0.05) is 36.8 Å². The molecule has 0 heterocycles. The van der Waals surface area contributed by atoms with Crippen molar-refractivity contribution in [3.05, 3.63) is 35.4 Å². The van der Waals surface area contributed by atoms with Crippen molar-refractivity contribution in [2.24, 2.45) is 5.92 Å². The lowest BCUT2D eigenvalue weighted by molar-refractivity contribution is -0.144. The first-order chi connectivity index (χ1) is 8.04. The summed E-state index contributed by atoms with van der Waals surface area (Å²) in [6.45, 7) is 6.65. The number of nitrogens with one attached hydrogen (secondary N) is 1. The number of hydrogen-bond donors (Lipinski definition) is 1. The van der Waals surface area contributed by atoms with E-state index in [1.807, 2.05) is 6.92 Å². The number of aryl methyl sites for hydroxylation is 1. The molecule has 3 nitrogen and oxygen atoms in total. The summed E-state index contributed by atoms with van der Waals surface area (Å²) in [7, 11) is 1.42. The van der Waals surface area contributed by atoms with Gasteiger partial charge in [-0.3, -0.25) is 4.79 Å². The van der Waals surface area contributed by atoms with Crippen LogP contribution in [-0.2, 0) is 9.53 Å². The minimum absolute atomic E-state index is 0.118. The van der Waals surface area contributed by atoms with Crippen molar-refractivity contribution in [3.63, 3.8) is 0 Å². The number of carbonyl (C=O) groups excluding carboxylic acids is 1. The van der Waals surface area contributed by atoms with Crippen molar-refractivity contribution in [2.45, 2.75) is 26.8 Å². The number of esters is 1. The fraction of sp³-hybridized carbons (Fsp3) is 0.500. The average Bonchev–Trinajstić information content (AvgIpc) is 2.35. The van der Waals surface area contributed by atoms with Gasteiger partial charge in [0.1, 0.15) is 0 Å². The van der Waals surface area contributed by atoms with Gasteiger partial charge in [0.15, 0.2) is 0 Å². The Balaban J connectivity index is 2.47. The predicted molar refractivity (Wildman–Crippen MR) is 68.8 cm³/mol. The van der Waals surface area contributed by atoms with Crippen LogP contribution in [0.1, 0.15) is 31.0 Å². The molecule has 0 radical (unpaired) electrons. The van der Waals surface area contributed by atoms with E-state index in [2.05, 4.69) is 48.2 Å². The molecule has 0 bridgehead atoms. The van der Waals surface area contributed by atoms with E-state index in [9.17, 15) is 4.79 Å². The minimum atomic E-state index is -0.173. The fourth-order valence-electron chi connectivity index (χ4n) is 1.61. The summed E-state index contributed by atoms with van der Waals surface area (Å²) in [4.78, 5) is 11.2. The monoisotopic (exact) mass is 235 g/mol. The first kappa shape index (κ1) is 13.7. The van der Waals surface area contributed by atoms with Crippen LogP contribution in [0.15, 0.2) is 24.3 Å². The average molecular weight is 235 g/mol. The van der Waals surface area contributed by atoms with Crippen molar-refractivity contribution in [3.8, 4) is 0 Å². The largest absolute Gasteiger partial charge is 0.469 e. The molecule has 0 spiro atoms. The molecule has 1 unspecified atom stereocenters. The molecular formula is C14H21NO2. The van der Waals surface area contributed by atoms with Crippen LogP contribution in [0.3, 0.4) is 0 Å². The van der Waals surface area contributed by atoms with Crippen molar-refractivity contribution in [1.29, 1.82) is 0 Å². The van der Waals surface area contributed by atoms with E-state index in [1.54, 1.807) is 0 Å². The topological polar surface area (TPSA) is 38.3 Å². The highest BCUT2D eigenvalue weighted by Gasteiger charge is 2.14. The van der Waals surface area contributed by atoms with E-state index in [-0.39, 0.29) is 17.9 Å². The quantitative estimate of drug-likeness (QED) is 0.797. The Hall–Kier alpha value is -1.35. The van der Waals surface area contributed by atoms with Gasteiger partial charge < -0.3 is 10.1 Å². The summed E-state index contributed by atoms with van der Waals surface area (Å²) in [5.41, 5.74) is 2.48. The van der Waals surface area contributed by atoms with E-state index >= 15 is 0 Å². The summed E-state index contributed by atoms with van der Waals surface area (Å²) in [6.07, 6.45) is 0. The lowest BCUT2D eigenvalue weighted by Gasteiger charge is -2.17. The van der Waals surface area contributed by atoms with Crippen molar-refractivity contribution in [2.75, 3.05) is 13.7 Å². The number of benzene rings is 1. The highest BCUT2D eigenvalue weighted by molar-refractivity contribution is 5.72. The van der Waals surface area contributed by atoms with Gasteiger partial charge in [-0.05, 0) is 19.4 Å². The van der Waals surface area contributed by atoms with E-state index < -0.39 is 0 Å². The molecule has 3 heteroatoms. The van der Waals surface area contributed by atoms with Gasteiger partial charge in [0.2, 0.25) is 0 Å². The van der Waals surface area contributed by atoms with Crippen LogP contribution in [0.25, 0.3) is 0 Å². The van der Waals surface area contributed by atoms with Crippen LogP contribution in [0.2, 0.25) is 0 Å². The first-order valence-corrected chi connectivity index (χ1v) is 5.92. The summed E-state index contributed by atoms with van der Waals surface area (Å²) < 4.78 is 4.69. The maximum atomic E-state index is 11.2. The Bertz CT molecular complexity index is 359. The predicted octanol–water partition coefficient (Wildman–Crippen LogP) is 2.45. The molecule has 2 atom stereocenters. The molecule has 94 valence electrons. The highest BCUT2D eigenvalue weighted by atomic mass is 16.5. The van der Waals surface area contributed by atoms with Gasteiger partial charge in [-0.15, -0.1) is 0 Å². The molecule has 0 aromatic heterocycles. The molecule has 1 rings (SSSR count). The lowest BCUT2D eigenvalue weighted by atomic mass is 10.1. The van der Waals surface area contributed by atoms with Crippen LogP contribution >= 0.6 is 0 Å². The molecule has 0 aliphatic carbocycles. The van der Waals surface area contributed by atoms with Gasteiger partial charge >= 0.3 is 5.97 Å². The number of hydrogen-bond acceptors (Lipinski definition) is 3. The molecule has 1 aromatic carbocycles. The molecule has 0 fully saturated rings. The fourth-order valence-corrected chi connectivity index (χ4v) is 1.61. The molecule has 1 N–H and O–H groups in total. The zero-order valence-electron chi connectivity index (χ0n) is 11.0. The summed E-state index contributed by atoms with van der Waals surface area (Å²) in [6, 6.07) is 8.64. The zero-order chi connectivity index (χ0) is 12.8. The SMILES string of the molecule is COC(=O)C(C)CN[C@@H](C)c1ccc(C)cc1. The standard InChI is InChI=1S/C14H21NO2/c1-10-5-7-13(8-6-10)12(3)15-9-11(2)14(16)17-4/h5-8,11-12,15H,9H2,1-4H3/t11?,12-/m0/s1. The molecule has 0 saturated carbocycles. The lowest BCUT2D eigenvalue weighted by Crippen LogP contribution is -2.29. The van der Waals surface area contributed by atoms with Crippen molar-refractivity contribution in [1.82, 2.24) is 5.32 Å². The van der Waals surface area contributed by atoms with E-state index in [0.29, 0.717) is 6.54 Å². The second-order valence-electron chi connectivity index (χ2n) is 4.46. The Morgan fingerprint density at radius 3 is 2.41 bits per heavy atom. The van der Waals surface area contributed by atoms with Gasteiger partial charge in [0.25, 0.3) is 0 Å². The van der Waals surface area contributed by atoms with Gasteiger partial charge in [-0.2, -0.15) is 0 Å². The van der Waals surface area contributed by atoms with Crippen LogP contribution in [0.4, 0.5) is 0 Å². The number of rotatable bonds is 5. The molecule has 0 aliphatic rings. The molecule has 1 aromatic rings. The van der Waals surface area contributed by atoms with Crippen LogP contribution < -0.4 is 5.32 Å². The zero-order valence-corrected chi connectivity index (χ0v) is 11.0. The highest BCUT2D eigenvalue weighted by Crippen LogP contribution is 2.13. The third-order valence-electron chi connectivity index (χ3n) is 2.91. The normalized spacial score (nSPS) is 14.1. The van der Waals surface area contributed by atoms with Crippen molar-refractivity contribution >= 4 is 5.97 Å². The van der Waals surface area contributed by atoms with Gasteiger partial charge in [0.05, 0.1) is 13.0 Å². The van der Waals surface area contributed by atoms with Gasteiger partial charge in [0, 0.05) is 12.6 Å². The van der Waals surface area contributed by atoms with Crippen LogP contribution in [0, 0.1) is 12.8 Å². The Morgan fingerprint density at radius 2 is 1.88 bits per heavy atom. The summed E-state index contributed by atoms with van der Waals surface area (Å²) in [5, 5.41) is 3.33. The van der Waals surface area contributed by atoms with E-state index in [0.717, 1.165) is 0 Å². The number of ether oxygens (including phenoxy) is 1. The Morgan fingerprint density at radius 1 is 1.29 bits per heavy atom. The minimum Gasteiger partial charge on any atom is -0.469 e. The molecular weight excluding hydrogens is 214 g/mol. The molecule has 0 amide bonds. The maximum Gasteiger partial charge on any atom is 0.309 e. The maximum absolute atomic E-state index is 11.2. The van der Waals surface area contributed by atoms with Gasteiger partial charge in [-0.25, -0.2) is 0 Å². The molecule has 0 saturated heterocycles. The van der Waals surface area contributed by atoms with E-state index in [4.69, 9.17) is 0 Å². The summed E-state index contributed by atoms with van der Waals surface area (Å²) in [5.74, 6) is -0.290. The number of carbonyl (C=O) groups is 1. The second kappa shape index (κ2) is 6.40. The van der Waals surface area contributed by atoms with Crippen LogP contribution in [0.5, 0.6) is 0 Å². The molecule has 0 aliphatic heterocycles. The van der Waals surface area contributed by atoms with E-state index in [1.165, 1.54) is 18.2 Å². The summed E-state index contributed by atoms with van der Waals surface area (Å²) >= 11 is 0. The first-order valence-electron chi connectivity index (χ1n) is 5.92. The second-order valence-corrected chi connectivity index (χ2v) is 4.46. The van der Waals surface area contributed by atoms with Crippen molar-refractivity contribution < 1.29 is 9.53 Å².